The summed E-state index contributed by atoms with van der Waals surface area (Å²) in [6.07, 6.45) is 17.3. The predicted molar refractivity (Wildman–Crippen MR) is 148 cm³/mol. The van der Waals surface area contributed by atoms with Crippen LogP contribution >= 0.6 is 22.6 Å². The summed E-state index contributed by atoms with van der Waals surface area (Å²) in [6.45, 7) is 4.56. The minimum Gasteiger partial charge on any atom is -0.424 e. The number of halogens is 1. The van der Waals surface area contributed by atoms with E-state index < -0.39 is 8.32 Å². The molecule has 31 heavy (non-hydrogen) atoms. The standard InChI is InChI=1S/C28H41IOSi/c1-28(2,24-18-10-8-6-4-3-5-7-9-11-19-25-29)31(30,26-20-14-12-15-21-26)27-22-16-13-17-23-27/h5,7,12-17,20-23,30H,3-4,6,8-11,18-19,24-25H2,1-2H3/b7-5-. The Kier molecular flexibility index (Phi) is 12.1. The van der Waals surface area contributed by atoms with E-state index in [2.05, 4.69) is 97.1 Å². The van der Waals surface area contributed by atoms with E-state index in [0.29, 0.717) is 0 Å². The first-order valence-corrected chi connectivity index (χ1v) is 15.5. The number of unbranched alkanes of at least 4 members (excludes halogenated alkanes) is 7. The molecule has 0 saturated heterocycles. The Hall–Kier alpha value is -0.913. The topological polar surface area (TPSA) is 20.2 Å². The highest BCUT2D eigenvalue weighted by Gasteiger charge is 2.49. The number of benzene rings is 2. The van der Waals surface area contributed by atoms with Crippen molar-refractivity contribution in [1.29, 1.82) is 0 Å². The summed E-state index contributed by atoms with van der Waals surface area (Å²) in [4.78, 5) is 12.2. The van der Waals surface area contributed by atoms with Gasteiger partial charge in [0.05, 0.1) is 0 Å². The van der Waals surface area contributed by atoms with Crippen molar-refractivity contribution in [2.75, 3.05) is 4.43 Å². The van der Waals surface area contributed by atoms with Crippen LogP contribution in [0, 0.1) is 0 Å². The van der Waals surface area contributed by atoms with E-state index in [-0.39, 0.29) is 5.04 Å². The predicted octanol–water partition coefficient (Wildman–Crippen LogP) is 7.41. The highest BCUT2D eigenvalue weighted by molar-refractivity contribution is 14.1. The van der Waals surface area contributed by atoms with Crippen molar-refractivity contribution >= 4 is 41.3 Å². The minimum atomic E-state index is -2.84. The molecule has 0 aliphatic carbocycles. The van der Waals surface area contributed by atoms with Crippen LogP contribution in [0.4, 0.5) is 0 Å². The number of hydrogen-bond donors (Lipinski definition) is 1. The lowest BCUT2D eigenvalue weighted by molar-refractivity contribution is 0.446. The zero-order valence-corrected chi connectivity index (χ0v) is 22.7. The molecule has 0 amide bonds. The molecule has 170 valence electrons. The fraction of sp³-hybridized carbons (Fsp3) is 0.500. The molecule has 0 heterocycles. The maximum Gasteiger partial charge on any atom is 0.258 e. The molecule has 3 heteroatoms. The fourth-order valence-corrected chi connectivity index (χ4v) is 8.76. The lowest BCUT2D eigenvalue weighted by Gasteiger charge is -2.41. The molecule has 1 nitrogen and oxygen atoms in total. The first kappa shape index (κ1) is 26.3. The highest BCUT2D eigenvalue weighted by Crippen LogP contribution is 2.40. The maximum absolute atomic E-state index is 12.2. The average Bonchev–Trinajstić information content (AvgIpc) is 2.80. The van der Waals surface area contributed by atoms with E-state index in [1.807, 2.05) is 12.1 Å². The quantitative estimate of drug-likeness (QED) is 0.0808. The van der Waals surface area contributed by atoms with Crippen LogP contribution in [-0.4, -0.2) is 17.5 Å². The van der Waals surface area contributed by atoms with Crippen LogP contribution in [-0.2, 0) is 0 Å². The molecule has 0 spiro atoms. The SMILES string of the molecule is CC(C)(CCCCCCC/C=C\CCCCI)[Si](O)(c1ccccc1)c1ccccc1. The third kappa shape index (κ3) is 8.18. The van der Waals surface area contributed by atoms with Gasteiger partial charge >= 0.3 is 0 Å². The minimum absolute atomic E-state index is 0.115. The van der Waals surface area contributed by atoms with Gasteiger partial charge < -0.3 is 4.80 Å². The van der Waals surface area contributed by atoms with Crippen LogP contribution in [0.1, 0.15) is 78.1 Å². The molecule has 2 aromatic carbocycles. The Bertz CT molecular complexity index is 703. The van der Waals surface area contributed by atoms with Gasteiger partial charge in [0.15, 0.2) is 0 Å². The van der Waals surface area contributed by atoms with E-state index in [1.54, 1.807) is 0 Å². The van der Waals surface area contributed by atoms with Gasteiger partial charge in [-0.25, -0.2) is 0 Å². The molecule has 0 saturated carbocycles. The monoisotopic (exact) mass is 548 g/mol. The second-order valence-electron chi connectivity index (χ2n) is 9.29. The summed E-state index contributed by atoms with van der Waals surface area (Å²) in [5.41, 5.74) is 0. The lowest BCUT2D eigenvalue weighted by atomic mass is 10.0. The third-order valence-electron chi connectivity index (χ3n) is 6.46. The number of alkyl halides is 1. The van der Waals surface area contributed by atoms with Crippen molar-refractivity contribution in [3.8, 4) is 0 Å². The Labute approximate surface area is 205 Å². The molecule has 0 radical (unpaired) electrons. The molecule has 0 atom stereocenters. The third-order valence-corrected chi connectivity index (χ3v) is 11.8. The van der Waals surface area contributed by atoms with Crippen molar-refractivity contribution in [3.05, 3.63) is 72.8 Å². The van der Waals surface area contributed by atoms with E-state index in [9.17, 15) is 4.80 Å². The molecule has 0 fully saturated rings. The van der Waals surface area contributed by atoms with Crippen LogP contribution in [0.25, 0.3) is 0 Å². The first-order chi connectivity index (χ1) is 15.0. The molecule has 2 aromatic rings. The van der Waals surface area contributed by atoms with Crippen molar-refractivity contribution in [2.45, 2.75) is 83.1 Å². The summed E-state index contributed by atoms with van der Waals surface area (Å²) in [5.74, 6) is 0. The Morgan fingerprint density at radius 2 is 1.16 bits per heavy atom. The van der Waals surface area contributed by atoms with Crippen molar-refractivity contribution < 1.29 is 4.80 Å². The summed E-state index contributed by atoms with van der Waals surface area (Å²) in [6, 6.07) is 20.8. The second-order valence-corrected chi connectivity index (χ2v) is 14.3. The summed E-state index contributed by atoms with van der Waals surface area (Å²) < 4.78 is 1.28. The highest BCUT2D eigenvalue weighted by atomic mass is 127. The molecular weight excluding hydrogens is 507 g/mol. The molecule has 0 aliphatic heterocycles. The van der Waals surface area contributed by atoms with Gasteiger partial charge in [-0.3, -0.25) is 0 Å². The molecular formula is C28H41IOSi. The van der Waals surface area contributed by atoms with Gasteiger partial charge in [0.25, 0.3) is 8.32 Å². The maximum atomic E-state index is 12.2. The number of rotatable bonds is 15. The van der Waals surface area contributed by atoms with Crippen LogP contribution in [0.2, 0.25) is 5.04 Å². The molecule has 1 N–H and O–H groups in total. The van der Waals surface area contributed by atoms with Crippen molar-refractivity contribution in [2.24, 2.45) is 0 Å². The average molecular weight is 549 g/mol. The Balaban J connectivity index is 1.83. The summed E-state index contributed by atoms with van der Waals surface area (Å²) in [5, 5.41) is 2.13. The van der Waals surface area contributed by atoms with E-state index >= 15 is 0 Å². The molecule has 0 bridgehead atoms. The van der Waals surface area contributed by atoms with Crippen LogP contribution in [0.5, 0.6) is 0 Å². The van der Waals surface area contributed by atoms with E-state index in [1.165, 1.54) is 62.2 Å². The van der Waals surface area contributed by atoms with E-state index in [4.69, 9.17) is 0 Å². The zero-order chi connectivity index (χ0) is 22.4. The normalized spacial score (nSPS) is 12.5. The van der Waals surface area contributed by atoms with Gasteiger partial charge in [-0.2, -0.15) is 0 Å². The molecule has 0 aromatic heterocycles. The van der Waals surface area contributed by atoms with Gasteiger partial charge in [0, 0.05) is 0 Å². The number of allylic oxidation sites excluding steroid dienone is 2. The Morgan fingerprint density at radius 3 is 1.68 bits per heavy atom. The van der Waals surface area contributed by atoms with Crippen molar-refractivity contribution in [3.63, 3.8) is 0 Å². The fourth-order valence-electron chi connectivity index (χ4n) is 4.44. The zero-order valence-electron chi connectivity index (χ0n) is 19.5. The van der Waals surface area contributed by atoms with Crippen molar-refractivity contribution in [1.82, 2.24) is 0 Å². The largest absolute Gasteiger partial charge is 0.424 e. The van der Waals surface area contributed by atoms with Gasteiger partial charge in [0.1, 0.15) is 0 Å². The van der Waals surface area contributed by atoms with Gasteiger partial charge in [0.2, 0.25) is 0 Å². The lowest BCUT2D eigenvalue weighted by Crippen LogP contribution is -2.65. The van der Waals surface area contributed by atoms with Crippen LogP contribution in [0.15, 0.2) is 72.8 Å². The second kappa shape index (κ2) is 14.3. The Morgan fingerprint density at radius 1 is 0.710 bits per heavy atom. The first-order valence-electron chi connectivity index (χ1n) is 12.1. The van der Waals surface area contributed by atoms with Gasteiger partial charge in [-0.15, -0.1) is 0 Å². The smallest absolute Gasteiger partial charge is 0.258 e. The molecule has 0 unspecified atom stereocenters. The van der Waals surface area contributed by atoms with Gasteiger partial charge in [-0.05, 0) is 58.4 Å². The molecule has 0 aliphatic rings. The van der Waals surface area contributed by atoms with Crippen LogP contribution < -0.4 is 10.4 Å². The van der Waals surface area contributed by atoms with E-state index in [0.717, 1.165) is 16.8 Å². The summed E-state index contributed by atoms with van der Waals surface area (Å²) in [7, 11) is -2.84. The van der Waals surface area contributed by atoms with Gasteiger partial charge in [-0.1, -0.05) is 135 Å². The number of hydrogen-bond acceptors (Lipinski definition) is 1. The molecule has 2 rings (SSSR count). The summed E-state index contributed by atoms with van der Waals surface area (Å²) >= 11 is 2.46. The van der Waals surface area contributed by atoms with Crippen LogP contribution in [0.3, 0.4) is 0 Å².